The predicted octanol–water partition coefficient (Wildman–Crippen LogP) is 2.59. The average Bonchev–Trinajstić information content (AvgIpc) is 2.76. The minimum Gasteiger partial charge on any atom is -0.493 e. The van der Waals surface area contributed by atoms with Gasteiger partial charge in [0.2, 0.25) is 5.91 Å². The van der Waals surface area contributed by atoms with Gasteiger partial charge in [0.05, 0.1) is 20.0 Å². The van der Waals surface area contributed by atoms with Gasteiger partial charge in [-0.05, 0) is 35.6 Å². The molecule has 1 amide bonds. The van der Waals surface area contributed by atoms with Crippen LogP contribution in [0.1, 0.15) is 12.5 Å². The topological polar surface area (TPSA) is 47.6 Å². The Balaban J connectivity index is 2.25. The van der Waals surface area contributed by atoms with E-state index in [2.05, 4.69) is 5.32 Å². The van der Waals surface area contributed by atoms with Gasteiger partial charge in [0.25, 0.3) is 0 Å². The van der Waals surface area contributed by atoms with Crippen molar-refractivity contribution in [3.8, 4) is 11.5 Å². The second kappa shape index (κ2) is 6.87. The number of benzene rings is 1. The number of amides is 1. The fourth-order valence-corrected chi connectivity index (χ4v) is 3.85. The summed E-state index contributed by atoms with van der Waals surface area (Å²) >= 11 is 5.16. The first-order valence-electron chi connectivity index (χ1n) is 6.32. The molecule has 1 N–H and O–H groups in total. The van der Waals surface area contributed by atoms with Crippen molar-refractivity contribution in [3.63, 3.8) is 0 Å². The van der Waals surface area contributed by atoms with Crippen molar-refractivity contribution in [2.24, 2.45) is 0 Å². The summed E-state index contributed by atoms with van der Waals surface area (Å²) in [6.45, 7) is 2.00. The maximum absolute atomic E-state index is 11.3. The fourth-order valence-electron chi connectivity index (χ4n) is 1.98. The lowest BCUT2D eigenvalue weighted by Crippen LogP contribution is -2.18. The van der Waals surface area contributed by atoms with Crippen molar-refractivity contribution in [1.82, 2.24) is 5.32 Å². The van der Waals surface area contributed by atoms with E-state index in [-0.39, 0.29) is 16.4 Å². The number of nitrogens with one attached hydrogen (secondary N) is 1. The molecule has 0 saturated carbocycles. The van der Waals surface area contributed by atoms with Gasteiger partial charge >= 0.3 is 0 Å². The SMILES string of the molecule is COc1ccc(C=C(C)C=S2CC(=O)NC2=S)cc1OC. The average molecular weight is 323 g/mol. The Morgan fingerprint density at radius 1 is 1.33 bits per heavy atom. The van der Waals surface area contributed by atoms with Crippen molar-refractivity contribution < 1.29 is 14.3 Å². The number of thiocarbonyl (C=S) groups is 1. The number of hydrogen-bond acceptors (Lipinski definition) is 4. The van der Waals surface area contributed by atoms with E-state index in [0.717, 1.165) is 11.1 Å². The van der Waals surface area contributed by atoms with Crippen LogP contribution < -0.4 is 14.8 Å². The monoisotopic (exact) mass is 323 g/mol. The molecule has 21 heavy (non-hydrogen) atoms. The zero-order valence-corrected chi connectivity index (χ0v) is 13.8. The van der Waals surface area contributed by atoms with Crippen LogP contribution in [0.4, 0.5) is 0 Å². The van der Waals surface area contributed by atoms with Crippen molar-refractivity contribution in [3.05, 3.63) is 29.3 Å². The molecule has 1 aromatic rings. The molecule has 1 saturated heterocycles. The van der Waals surface area contributed by atoms with Gasteiger partial charge in [-0.25, -0.2) is 0 Å². The van der Waals surface area contributed by atoms with Gasteiger partial charge in [-0.1, -0.05) is 24.4 Å². The first kappa shape index (κ1) is 15.7. The highest BCUT2D eigenvalue weighted by atomic mass is 32.2. The van der Waals surface area contributed by atoms with Gasteiger partial charge in [0.15, 0.2) is 11.5 Å². The third kappa shape index (κ3) is 3.92. The van der Waals surface area contributed by atoms with Crippen molar-refractivity contribution in [1.29, 1.82) is 0 Å². The predicted molar refractivity (Wildman–Crippen MR) is 92.5 cm³/mol. The molecule has 0 bridgehead atoms. The van der Waals surface area contributed by atoms with Crippen LogP contribution in [0.15, 0.2) is 23.8 Å². The second-order valence-electron chi connectivity index (χ2n) is 4.53. The molecule has 112 valence electrons. The van der Waals surface area contributed by atoms with Gasteiger partial charge in [-0.15, -0.1) is 10.5 Å². The summed E-state index contributed by atoms with van der Waals surface area (Å²) in [7, 11) is 2.92. The Kier molecular flexibility index (Phi) is 5.14. The normalized spacial score (nSPS) is 18.8. The smallest absolute Gasteiger partial charge is 0.235 e. The third-order valence-electron chi connectivity index (χ3n) is 2.90. The number of carbonyl (C=O) groups is 1. The number of hydrogen-bond donors (Lipinski definition) is 1. The van der Waals surface area contributed by atoms with Crippen molar-refractivity contribution in [2.45, 2.75) is 6.92 Å². The van der Waals surface area contributed by atoms with Crippen LogP contribution >= 0.6 is 22.7 Å². The van der Waals surface area contributed by atoms with E-state index in [1.807, 2.05) is 36.6 Å². The first-order valence-corrected chi connectivity index (χ1v) is 8.18. The van der Waals surface area contributed by atoms with Crippen LogP contribution in [-0.2, 0) is 4.79 Å². The molecule has 1 fully saturated rings. The third-order valence-corrected chi connectivity index (χ3v) is 5.45. The minimum absolute atomic E-state index is 0.00139. The zero-order chi connectivity index (χ0) is 15.4. The molecule has 1 aromatic carbocycles. The zero-order valence-electron chi connectivity index (χ0n) is 12.1. The summed E-state index contributed by atoms with van der Waals surface area (Å²) in [6.07, 6.45) is 2.03. The van der Waals surface area contributed by atoms with Crippen LogP contribution in [0.3, 0.4) is 0 Å². The van der Waals surface area contributed by atoms with Gasteiger partial charge in [0.1, 0.15) is 4.32 Å². The molecule has 1 atom stereocenters. The standard InChI is InChI=1S/C15H17NO3S2/c1-10(8-21-9-14(17)16-15(21)20)6-11-4-5-12(18-2)13(7-11)19-3/h4-8H,9H2,1-3H3,(H,16,17,20). The highest BCUT2D eigenvalue weighted by molar-refractivity contribution is 8.35. The maximum Gasteiger partial charge on any atom is 0.235 e. The number of ether oxygens (including phenoxy) is 2. The van der Waals surface area contributed by atoms with Crippen molar-refractivity contribution in [2.75, 3.05) is 20.0 Å². The van der Waals surface area contributed by atoms with Crippen LogP contribution in [0, 0.1) is 0 Å². The molecule has 0 aromatic heterocycles. The fraction of sp³-hybridized carbons (Fsp3) is 0.267. The Hall–Kier alpha value is -1.66. The van der Waals surface area contributed by atoms with E-state index in [0.29, 0.717) is 21.6 Å². The Morgan fingerprint density at radius 2 is 2.05 bits per heavy atom. The van der Waals surface area contributed by atoms with Gasteiger partial charge in [-0.3, -0.25) is 4.79 Å². The van der Waals surface area contributed by atoms with Crippen LogP contribution in [0.5, 0.6) is 11.5 Å². The molecule has 4 nitrogen and oxygen atoms in total. The van der Waals surface area contributed by atoms with Gasteiger partial charge < -0.3 is 14.8 Å². The summed E-state index contributed by atoms with van der Waals surface area (Å²) in [6, 6.07) is 5.74. The van der Waals surface area contributed by atoms with E-state index in [4.69, 9.17) is 21.7 Å². The summed E-state index contributed by atoms with van der Waals surface area (Å²) in [4.78, 5) is 11.3. The molecule has 2 rings (SSSR count). The lowest BCUT2D eigenvalue weighted by atomic mass is 10.1. The van der Waals surface area contributed by atoms with E-state index in [1.54, 1.807) is 14.2 Å². The van der Waals surface area contributed by atoms with Crippen LogP contribution in [0.2, 0.25) is 0 Å². The first-order chi connectivity index (χ1) is 10.0. The quantitative estimate of drug-likeness (QED) is 0.683. The molecular formula is C15H17NO3S2. The molecule has 1 heterocycles. The second-order valence-corrected chi connectivity index (χ2v) is 6.99. The van der Waals surface area contributed by atoms with Gasteiger partial charge in [0, 0.05) is 0 Å². The molecule has 0 spiro atoms. The van der Waals surface area contributed by atoms with Crippen molar-refractivity contribution >= 4 is 44.4 Å². The van der Waals surface area contributed by atoms with E-state index in [9.17, 15) is 4.79 Å². The Morgan fingerprint density at radius 3 is 2.62 bits per heavy atom. The summed E-state index contributed by atoms with van der Waals surface area (Å²) in [5, 5.41) is 4.72. The molecule has 1 unspecified atom stereocenters. The van der Waals surface area contributed by atoms with Gasteiger partial charge in [-0.2, -0.15) is 0 Å². The number of carbonyl (C=O) groups excluding carboxylic acids is 1. The largest absolute Gasteiger partial charge is 0.493 e. The van der Waals surface area contributed by atoms with E-state index < -0.39 is 0 Å². The molecular weight excluding hydrogens is 306 g/mol. The highest BCUT2D eigenvalue weighted by Crippen LogP contribution is 2.28. The molecule has 1 aliphatic rings. The number of allylic oxidation sites excluding steroid dienone is 1. The molecule has 6 heteroatoms. The summed E-state index contributed by atoms with van der Waals surface area (Å²) in [5.74, 6) is 1.84. The molecule has 1 aliphatic heterocycles. The summed E-state index contributed by atoms with van der Waals surface area (Å²) in [5.41, 5.74) is 2.07. The van der Waals surface area contributed by atoms with E-state index in [1.165, 1.54) is 0 Å². The number of rotatable bonds is 4. The molecule has 0 radical (unpaired) electrons. The number of methoxy groups -OCH3 is 2. The lowest BCUT2D eigenvalue weighted by Gasteiger charge is -2.08. The lowest BCUT2D eigenvalue weighted by molar-refractivity contribution is -0.116. The molecule has 0 aliphatic carbocycles. The maximum atomic E-state index is 11.3. The Bertz CT molecular complexity index is 650. The Labute approximate surface area is 132 Å². The highest BCUT2D eigenvalue weighted by Gasteiger charge is 2.18. The minimum atomic E-state index is -0.297. The van der Waals surface area contributed by atoms with Crippen LogP contribution in [-0.4, -0.2) is 35.6 Å². The van der Waals surface area contributed by atoms with E-state index >= 15 is 0 Å². The van der Waals surface area contributed by atoms with Crippen LogP contribution in [0.25, 0.3) is 6.08 Å². The summed E-state index contributed by atoms with van der Waals surface area (Å²) < 4.78 is 11.1.